The van der Waals surface area contributed by atoms with E-state index in [9.17, 15) is 4.79 Å². The van der Waals surface area contributed by atoms with Crippen LogP contribution in [0.5, 0.6) is 0 Å². The maximum atomic E-state index is 10.9. The second kappa shape index (κ2) is 8.23. The van der Waals surface area contributed by atoms with Crippen LogP contribution in [0.15, 0.2) is 29.2 Å². The fourth-order valence-corrected chi connectivity index (χ4v) is 2.45. The van der Waals surface area contributed by atoms with Gasteiger partial charge in [0.25, 0.3) is 0 Å². The standard InChI is InChI=1S/C15H24N2OS/c1-11(2)8-17-9-13-4-6-14(7-5-13)19-10-12(3)15(16)18/h4-7,11-12,17H,8-10H2,1-3H3,(H2,16,18). The SMILES string of the molecule is CC(C)CNCc1ccc(SCC(C)C(N)=O)cc1. The van der Waals surface area contributed by atoms with Crippen LogP contribution in [0.3, 0.4) is 0 Å². The van der Waals surface area contributed by atoms with Crippen molar-refractivity contribution in [2.75, 3.05) is 12.3 Å². The lowest BCUT2D eigenvalue weighted by Gasteiger charge is -2.09. The Bertz CT molecular complexity index is 390. The minimum absolute atomic E-state index is 0.0858. The quantitative estimate of drug-likeness (QED) is 0.720. The van der Waals surface area contributed by atoms with Crippen LogP contribution in [0.1, 0.15) is 26.3 Å². The fourth-order valence-electron chi connectivity index (χ4n) is 1.51. The van der Waals surface area contributed by atoms with Crippen LogP contribution in [0.4, 0.5) is 0 Å². The molecule has 0 aliphatic heterocycles. The van der Waals surface area contributed by atoms with E-state index in [1.165, 1.54) is 10.5 Å². The van der Waals surface area contributed by atoms with E-state index in [1.54, 1.807) is 11.8 Å². The smallest absolute Gasteiger partial charge is 0.221 e. The summed E-state index contributed by atoms with van der Waals surface area (Å²) >= 11 is 1.67. The second-order valence-corrected chi connectivity index (χ2v) is 6.38. The van der Waals surface area contributed by atoms with E-state index in [-0.39, 0.29) is 11.8 Å². The molecule has 0 saturated heterocycles. The van der Waals surface area contributed by atoms with E-state index >= 15 is 0 Å². The largest absolute Gasteiger partial charge is 0.369 e. The van der Waals surface area contributed by atoms with Crippen LogP contribution >= 0.6 is 11.8 Å². The lowest BCUT2D eigenvalue weighted by molar-refractivity contribution is -0.120. The molecule has 0 bridgehead atoms. The Balaban J connectivity index is 2.37. The van der Waals surface area contributed by atoms with E-state index in [1.807, 2.05) is 6.92 Å². The van der Waals surface area contributed by atoms with Crippen LogP contribution in [0.2, 0.25) is 0 Å². The lowest BCUT2D eigenvalue weighted by Crippen LogP contribution is -2.22. The van der Waals surface area contributed by atoms with Crippen LogP contribution in [0, 0.1) is 11.8 Å². The minimum atomic E-state index is -0.234. The van der Waals surface area contributed by atoms with Gasteiger partial charge in [-0.2, -0.15) is 0 Å². The summed E-state index contributed by atoms with van der Waals surface area (Å²) in [6.07, 6.45) is 0. The molecule has 3 N–H and O–H groups in total. The van der Waals surface area contributed by atoms with E-state index in [4.69, 9.17) is 5.73 Å². The lowest BCUT2D eigenvalue weighted by atomic mass is 10.2. The average molecular weight is 280 g/mol. The Kier molecular flexibility index (Phi) is 6.95. The average Bonchev–Trinajstić information content (AvgIpc) is 2.37. The zero-order valence-electron chi connectivity index (χ0n) is 12.0. The summed E-state index contributed by atoms with van der Waals surface area (Å²) in [5.74, 6) is 1.09. The monoisotopic (exact) mass is 280 g/mol. The number of hydrogen-bond donors (Lipinski definition) is 2. The molecule has 1 aromatic rings. The van der Waals surface area contributed by atoms with Crippen molar-refractivity contribution in [3.8, 4) is 0 Å². The summed E-state index contributed by atoms with van der Waals surface area (Å²) in [4.78, 5) is 12.1. The molecule has 106 valence electrons. The molecule has 0 aromatic heterocycles. The Morgan fingerprint density at radius 1 is 1.26 bits per heavy atom. The summed E-state index contributed by atoms with van der Waals surface area (Å²) < 4.78 is 0. The van der Waals surface area contributed by atoms with Gasteiger partial charge in [-0.15, -0.1) is 11.8 Å². The summed E-state index contributed by atoms with van der Waals surface area (Å²) in [6.45, 7) is 8.20. The Labute approximate surface area is 120 Å². The number of nitrogens with two attached hydrogens (primary N) is 1. The fraction of sp³-hybridized carbons (Fsp3) is 0.533. The molecule has 0 radical (unpaired) electrons. The molecule has 1 amide bonds. The maximum absolute atomic E-state index is 10.9. The van der Waals surface area contributed by atoms with Gasteiger partial charge in [-0.05, 0) is 30.2 Å². The van der Waals surface area contributed by atoms with Crippen LogP contribution < -0.4 is 11.1 Å². The van der Waals surface area contributed by atoms with Gasteiger partial charge in [0.2, 0.25) is 5.91 Å². The van der Waals surface area contributed by atoms with Gasteiger partial charge in [-0.3, -0.25) is 4.79 Å². The van der Waals surface area contributed by atoms with Crippen molar-refractivity contribution < 1.29 is 4.79 Å². The highest BCUT2D eigenvalue weighted by molar-refractivity contribution is 7.99. The predicted octanol–water partition coefficient (Wildman–Crippen LogP) is 2.65. The van der Waals surface area contributed by atoms with Crippen molar-refractivity contribution in [3.63, 3.8) is 0 Å². The highest BCUT2D eigenvalue weighted by Crippen LogP contribution is 2.21. The maximum Gasteiger partial charge on any atom is 0.221 e. The van der Waals surface area contributed by atoms with E-state index in [0.717, 1.165) is 18.8 Å². The molecule has 3 nitrogen and oxygen atoms in total. The van der Waals surface area contributed by atoms with Gasteiger partial charge in [0.15, 0.2) is 0 Å². The number of nitrogens with one attached hydrogen (secondary N) is 1. The van der Waals surface area contributed by atoms with Gasteiger partial charge < -0.3 is 11.1 Å². The molecule has 1 rings (SSSR count). The Hall–Kier alpha value is -1.00. The van der Waals surface area contributed by atoms with Gasteiger partial charge in [0.1, 0.15) is 0 Å². The van der Waals surface area contributed by atoms with Crippen molar-refractivity contribution in [1.29, 1.82) is 0 Å². The van der Waals surface area contributed by atoms with Crippen molar-refractivity contribution in [3.05, 3.63) is 29.8 Å². The number of benzene rings is 1. The van der Waals surface area contributed by atoms with Crippen molar-refractivity contribution in [1.82, 2.24) is 5.32 Å². The number of thioether (sulfide) groups is 1. The zero-order chi connectivity index (χ0) is 14.3. The first kappa shape index (κ1) is 16.1. The van der Waals surface area contributed by atoms with E-state index < -0.39 is 0 Å². The third-order valence-corrected chi connectivity index (χ3v) is 4.06. The summed E-state index contributed by atoms with van der Waals surface area (Å²) in [5.41, 5.74) is 6.53. The van der Waals surface area contributed by atoms with Gasteiger partial charge >= 0.3 is 0 Å². The Morgan fingerprint density at radius 3 is 2.42 bits per heavy atom. The first-order valence-electron chi connectivity index (χ1n) is 6.70. The van der Waals surface area contributed by atoms with Crippen LogP contribution in [-0.4, -0.2) is 18.2 Å². The molecule has 0 saturated carbocycles. The molecular weight excluding hydrogens is 256 g/mol. The number of carbonyl (C=O) groups is 1. The highest BCUT2D eigenvalue weighted by atomic mass is 32.2. The Morgan fingerprint density at radius 2 is 1.89 bits per heavy atom. The molecule has 1 aromatic carbocycles. The molecule has 0 aliphatic carbocycles. The molecule has 0 aliphatic rings. The molecule has 1 atom stereocenters. The van der Waals surface area contributed by atoms with Crippen molar-refractivity contribution in [2.24, 2.45) is 17.6 Å². The third kappa shape index (κ3) is 6.64. The summed E-state index contributed by atoms with van der Waals surface area (Å²) in [5, 5.41) is 3.42. The van der Waals surface area contributed by atoms with Gasteiger partial charge in [0.05, 0.1) is 0 Å². The number of rotatable bonds is 8. The normalized spacial score (nSPS) is 12.6. The topological polar surface area (TPSA) is 55.1 Å². The molecule has 4 heteroatoms. The molecular formula is C15H24N2OS. The third-order valence-electron chi connectivity index (χ3n) is 2.79. The van der Waals surface area contributed by atoms with Crippen LogP contribution in [-0.2, 0) is 11.3 Å². The van der Waals surface area contributed by atoms with E-state index in [2.05, 4.69) is 43.4 Å². The zero-order valence-corrected chi connectivity index (χ0v) is 12.8. The van der Waals surface area contributed by atoms with E-state index in [0.29, 0.717) is 5.92 Å². The van der Waals surface area contributed by atoms with Gasteiger partial charge in [-0.25, -0.2) is 0 Å². The first-order valence-corrected chi connectivity index (χ1v) is 7.69. The summed E-state index contributed by atoms with van der Waals surface area (Å²) in [6, 6.07) is 8.46. The molecule has 19 heavy (non-hydrogen) atoms. The predicted molar refractivity (Wildman–Crippen MR) is 82.1 cm³/mol. The minimum Gasteiger partial charge on any atom is -0.369 e. The number of primary amides is 1. The first-order chi connectivity index (χ1) is 8.99. The number of hydrogen-bond acceptors (Lipinski definition) is 3. The number of carbonyl (C=O) groups excluding carboxylic acids is 1. The van der Waals surface area contributed by atoms with Gasteiger partial charge in [-0.1, -0.05) is 32.9 Å². The van der Waals surface area contributed by atoms with Crippen molar-refractivity contribution in [2.45, 2.75) is 32.2 Å². The van der Waals surface area contributed by atoms with Gasteiger partial charge in [0, 0.05) is 23.1 Å². The highest BCUT2D eigenvalue weighted by Gasteiger charge is 2.08. The molecule has 0 spiro atoms. The number of amides is 1. The molecule has 0 heterocycles. The second-order valence-electron chi connectivity index (χ2n) is 5.28. The molecule has 0 fully saturated rings. The summed E-state index contributed by atoms with van der Waals surface area (Å²) in [7, 11) is 0. The molecule has 1 unspecified atom stereocenters. The van der Waals surface area contributed by atoms with Crippen molar-refractivity contribution >= 4 is 17.7 Å². The van der Waals surface area contributed by atoms with Crippen LogP contribution in [0.25, 0.3) is 0 Å².